The summed E-state index contributed by atoms with van der Waals surface area (Å²) in [5, 5.41) is 1.16. The van der Waals surface area contributed by atoms with Crippen LogP contribution in [-0.2, 0) is 15.6 Å². The summed E-state index contributed by atoms with van der Waals surface area (Å²) in [6.45, 7) is 2.07. The molecule has 2 aromatic rings. The molecule has 0 unspecified atom stereocenters. The van der Waals surface area contributed by atoms with E-state index >= 15 is 0 Å². The molecule has 1 aliphatic heterocycles. The van der Waals surface area contributed by atoms with Crippen molar-refractivity contribution in [1.82, 2.24) is 4.98 Å². The fourth-order valence-electron chi connectivity index (χ4n) is 3.45. The third kappa shape index (κ3) is 1.93. The van der Waals surface area contributed by atoms with Crippen LogP contribution in [0.5, 0.6) is 0 Å². The summed E-state index contributed by atoms with van der Waals surface area (Å²) >= 11 is 0. The molecule has 0 N–H and O–H groups in total. The van der Waals surface area contributed by atoms with Gasteiger partial charge < -0.3 is 0 Å². The molecule has 104 valence electrons. The molecule has 1 saturated heterocycles. The monoisotopic (exact) mass is 269 g/mol. The average molecular weight is 269 g/mol. The van der Waals surface area contributed by atoms with E-state index in [-0.39, 0.29) is 0 Å². The Kier molecular flexibility index (Phi) is 2.79. The molecule has 0 atom stereocenters. The van der Waals surface area contributed by atoms with Gasteiger partial charge in [-0.2, -0.15) is 9.78 Å². The molecule has 0 radical (unpaired) electrons. The normalized spacial score (nSPS) is 22.1. The minimum absolute atomic E-state index is 0.474. The first-order valence-electron chi connectivity index (χ1n) is 7.52. The van der Waals surface area contributed by atoms with E-state index in [9.17, 15) is 0 Å². The van der Waals surface area contributed by atoms with Gasteiger partial charge in [-0.1, -0.05) is 25.3 Å². The van der Waals surface area contributed by atoms with E-state index in [1.807, 2.05) is 6.20 Å². The van der Waals surface area contributed by atoms with E-state index in [1.165, 1.54) is 37.7 Å². The van der Waals surface area contributed by atoms with Crippen LogP contribution in [0.4, 0.5) is 0 Å². The molecule has 1 saturated carbocycles. The average Bonchev–Trinajstić information content (AvgIpc) is 3.29. The third-order valence-electron chi connectivity index (χ3n) is 4.63. The Hall–Kier alpha value is -1.45. The highest BCUT2D eigenvalue weighted by atomic mass is 17.4. The van der Waals surface area contributed by atoms with Crippen LogP contribution in [0.2, 0.25) is 0 Å². The second-order valence-electron chi connectivity index (χ2n) is 6.09. The maximum atomic E-state index is 5.48. The van der Waals surface area contributed by atoms with Crippen LogP contribution in [0.3, 0.4) is 0 Å². The zero-order valence-corrected chi connectivity index (χ0v) is 11.8. The highest BCUT2D eigenvalue weighted by molar-refractivity contribution is 5.80. The van der Waals surface area contributed by atoms with E-state index in [0.29, 0.717) is 5.92 Å². The van der Waals surface area contributed by atoms with Crippen molar-refractivity contribution >= 4 is 10.9 Å². The Labute approximate surface area is 118 Å². The lowest BCUT2D eigenvalue weighted by atomic mass is 9.81. The lowest BCUT2D eigenvalue weighted by molar-refractivity contribution is 0.0850. The van der Waals surface area contributed by atoms with Gasteiger partial charge in [-0.3, -0.25) is 4.98 Å². The van der Waals surface area contributed by atoms with Crippen LogP contribution in [0, 0.1) is 12.8 Å². The zero-order chi connectivity index (χ0) is 13.6. The fourth-order valence-corrected chi connectivity index (χ4v) is 3.45. The molecule has 4 rings (SSSR count). The van der Waals surface area contributed by atoms with Crippen molar-refractivity contribution in [3.05, 3.63) is 41.6 Å². The van der Waals surface area contributed by atoms with Crippen LogP contribution >= 0.6 is 0 Å². The van der Waals surface area contributed by atoms with Gasteiger partial charge in [-0.05, 0) is 43.5 Å². The van der Waals surface area contributed by atoms with Crippen molar-refractivity contribution in [1.29, 1.82) is 0 Å². The van der Waals surface area contributed by atoms with E-state index in [1.54, 1.807) is 0 Å². The molecular formula is C17H19NO2. The number of aromatic nitrogens is 1. The fraction of sp³-hybridized carbons (Fsp3) is 0.471. The molecule has 0 amide bonds. The molecule has 1 aliphatic carbocycles. The van der Waals surface area contributed by atoms with E-state index in [0.717, 1.165) is 16.5 Å². The molecule has 2 heterocycles. The Morgan fingerprint density at radius 3 is 2.65 bits per heavy atom. The van der Waals surface area contributed by atoms with Crippen LogP contribution in [0.25, 0.3) is 10.9 Å². The largest absolute Gasteiger partial charge is 0.262 e. The lowest BCUT2D eigenvalue weighted by Crippen LogP contribution is -2.24. The summed E-state index contributed by atoms with van der Waals surface area (Å²) in [6, 6.07) is 8.52. The predicted molar refractivity (Wildman–Crippen MR) is 76.9 cm³/mol. The smallest absolute Gasteiger partial charge is 0.256 e. The van der Waals surface area contributed by atoms with Crippen molar-refractivity contribution in [3.63, 3.8) is 0 Å². The number of hydrogen-bond donors (Lipinski definition) is 0. The van der Waals surface area contributed by atoms with Crippen molar-refractivity contribution in [2.24, 2.45) is 5.92 Å². The quantitative estimate of drug-likeness (QED) is 0.604. The maximum Gasteiger partial charge on any atom is 0.262 e. The summed E-state index contributed by atoms with van der Waals surface area (Å²) in [4.78, 5) is 15.4. The Morgan fingerprint density at radius 2 is 1.90 bits per heavy atom. The standard InChI is InChI=1S/C17H19NO2/c1-12-9-13-10-15(7-8-16(13)18-11-12)17(19-20-17)14-5-3-2-4-6-14/h7-11,14H,2-6H2,1H3. The first-order valence-corrected chi connectivity index (χ1v) is 7.52. The van der Waals surface area contributed by atoms with Crippen molar-refractivity contribution in [2.75, 3.05) is 0 Å². The number of nitrogens with zero attached hydrogens (tertiary/aromatic N) is 1. The topological polar surface area (TPSA) is 38.0 Å². The first-order chi connectivity index (χ1) is 9.78. The number of benzene rings is 1. The van der Waals surface area contributed by atoms with Gasteiger partial charge in [0, 0.05) is 23.1 Å². The Balaban J connectivity index is 1.74. The summed E-state index contributed by atoms with van der Waals surface area (Å²) in [5.74, 6) is 0.0182. The van der Waals surface area contributed by atoms with Gasteiger partial charge in [-0.15, -0.1) is 0 Å². The van der Waals surface area contributed by atoms with Gasteiger partial charge in [0.15, 0.2) is 0 Å². The molecule has 0 spiro atoms. The molecule has 2 fully saturated rings. The van der Waals surface area contributed by atoms with Gasteiger partial charge in [0.2, 0.25) is 0 Å². The number of hydrogen-bond acceptors (Lipinski definition) is 3. The Morgan fingerprint density at radius 1 is 1.10 bits per heavy atom. The minimum Gasteiger partial charge on any atom is -0.256 e. The van der Waals surface area contributed by atoms with Crippen LogP contribution in [0.1, 0.15) is 43.2 Å². The summed E-state index contributed by atoms with van der Waals surface area (Å²) in [6.07, 6.45) is 8.21. The SMILES string of the molecule is Cc1cnc2ccc(C3(C4CCCCC4)OO3)cc2c1. The number of rotatable bonds is 2. The van der Waals surface area contributed by atoms with E-state index < -0.39 is 5.79 Å². The number of aryl methyl sites for hydroxylation is 1. The van der Waals surface area contributed by atoms with Crippen LogP contribution in [-0.4, -0.2) is 4.98 Å². The molecule has 2 aliphatic rings. The first kappa shape index (κ1) is 12.3. The van der Waals surface area contributed by atoms with Crippen molar-refractivity contribution < 1.29 is 9.78 Å². The number of pyridine rings is 1. The lowest BCUT2D eigenvalue weighted by Gasteiger charge is -2.24. The van der Waals surface area contributed by atoms with Crippen LogP contribution in [0.15, 0.2) is 30.5 Å². The van der Waals surface area contributed by atoms with Gasteiger partial charge >= 0.3 is 0 Å². The minimum atomic E-state index is -0.474. The molecule has 3 nitrogen and oxygen atoms in total. The third-order valence-corrected chi connectivity index (χ3v) is 4.63. The highest BCUT2D eigenvalue weighted by Crippen LogP contribution is 2.52. The van der Waals surface area contributed by atoms with Gasteiger partial charge in [-0.25, -0.2) is 0 Å². The van der Waals surface area contributed by atoms with Crippen molar-refractivity contribution in [2.45, 2.75) is 44.8 Å². The Bertz CT molecular complexity index is 642. The van der Waals surface area contributed by atoms with Gasteiger partial charge in [0.25, 0.3) is 5.79 Å². The van der Waals surface area contributed by atoms with E-state index in [2.05, 4.69) is 36.2 Å². The van der Waals surface area contributed by atoms with Crippen LogP contribution < -0.4 is 0 Å². The number of fused-ring (bicyclic) bond motifs is 1. The predicted octanol–water partition coefficient (Wildman–Crippen LogP) is 4.24. The molecule has 1 aromatic carbocycles. The summed E-state index contributed by atoms with van der Waals surface area (Å²) < 4.78 is 0. The molecule has 1 aromatic heterocycles. The maximum absolute atomic E-state index is 5.48. The summed E-state index contributed by atoms with van der Waals surface area (Å²) in [7, 11) is 0. The zero-order valence-electron chi connectivity index (χ0n) is 11.8. The highest BCUT2D eigenvalue weighted by Gasteiger charge is 2.56. The van der Waals surface area contributed by atoms with E-state index in [4.69, 9.17) is 9.78 Å². The van der Waals surface area contributed by atoms with Crippen molar-refractivity contribution in [3.8, 4) is 0 Å². The molecular weight excluding hydrogens is 250 g/mol. The molecule has 20 heavy (non-hydrogen) atoms. The second kappa shape index (κ2) is 4.54. The molecule has 3 heteroatoms. The van der Waals surface area contributed by atoms with Gasteiger partial charge in [0.05, 0.1) is 5.52 Å². The molecule has 0 bridgehead atoms. The van der Waals surface area contributed by atoms with Gasteiger partial charge in [0.1, 0.15) is 0 Å². The summed E-state index contributed by atoms with van der Waals surface area (Å²) in [5.41, 5.74) is 3.35. The second-order valence-corrected chi connectivity index (χ2v) is 6.09.